The summed E-state index contributed by atoms with van der Waals surface area (Å²) in [7, 11) is 0. The SMILES string of the molecule is CC(C)C[C@H](CC(=O)[C@H](Cc1ccccc1)NC(=O)[C@H](CC(C)C)NC(=O)[C@H](CCc1ccccc1)NC(=O)COCCN1CCOCC1)C(=O)[C@@]1(C)CO1. The summed E-state index contributed by atoms with van der Waals surface area (Å²) < 4.78 is 16.5. The van der Waals surface area contributed by atoms with Crippen LogP contribution >= 0.6 is 0 Å². The van der Waals surface area contributed by atoms with Crippen LogP contribution in [0.1, 0.15) is 71.4 Å². The third-order valence-corrected chi connectivity index (χ3v) is 10.1. The lowest BCUT2D eigenvalue weighted by Crippen LogP contribution is -2.56. The fraction of sp³-hybridized carbons (Fsp3) is 0.605. The molecule has 0 spiro atoms. The topological polar surface area (TPSA) is 156 Å². The molecule has 3 amide bonds. The van der Waals surface area contributed by atoms with E-state index in [2.05, 4.69) is 20.9 Å². The normalized spacial score (nSPS) is 19.3. The lowest BCUT2D eigenvalue weighted by Gasteiger charge is -2.27. The van der Waals surface area contributed by atoms with Crippen molar-refractivity contribution in [1.82, 2.24) is 20.9 Å². The summed E-state index contributed by atoms with van der Waals surface area (Å²) in [5, 5.41) is 8.72. The first kappa shape index (κ1) is 43.8. The van der Waals surface area contributed by atoms with Crippen LogP contribution in [0.2, 0.25) is 0 Å². The first-order valence-electron chi connectivity index (χ1n) is 19.9. The molecule has 12 heteroatoms. The molecule has 2 saturated heterocycles. The molecule has 3 N–H and O–H groups in total. The van der Waals surface area contributed by atoms with Crippen LogP contribution in [0.4, 0.5) is 0 Å². The zero-order chi connectivity index (χ0) is 39.8. The standard InChI is InChI=1S/C43H62N4O8/c1-30(2)24-34(40(50)43(5)29-55-43)27-38(48)36(26-33-14-10-7-11-15-33)45-42(52)37(25-31(3)4)46-41(51)35(17-16-32-12-8-6-9-13-32)44-39(49)28-54-23-20-47-18-21-53-22-19-47/h6-15,30-31,34-37H,16-29H2,1-5H3,(H,44,49)(H,45,52)(H,46,51)/t34-,35+,36+,37+,43-/m1/s1. The van der Waals surface area contributed by atoms with Gasteiger partial charge in [-0.3, -0.25) is 28.9 Å². The number of amides is 3. The minimum atomic E-state index is -0.980. The molecule has 4 rings (SSSR count). The second-order valence-electron chi connectivity index (χ2n) is 16.0. The molecule has 302 valence electrons. The number of aryl methyl sites for hydroxylation is 1. The first-order valence-corrected chi connectivity index (χ1v) is 19.9. The van der Waals surface area contributed by atoms with E-state index in [-0.39, 0.29) is 42.9 Å². The van der Waals surface area contributed by atoms with Crippen LogP contribution < -0.4 is 16.0 Å². The summed E-state index contributed by atoms with van der Waals surface area (Å²) in [4.78, 5) is 70.9. The number of epoxide rings is 1. The van der Waals surface area contributed by atoms with Crippen molar-refractivity contribution in [2.24, 2.45) is 17.8 Å². The summed E-state index contributed by atoms with van der Waals surface area (Å²) in [5.41, 5.74) is 0.990. The molecule has 12 nitrogen and oxygen atoms in total. The van der Waals surface area contributed by atoms with Crippen molar-refractivity contribution in [3.63, 3.8) is 0 Å². The van der Waals surface area contributed by atoms with Crippen LogP contribution in [-0.4, -0.2) is 111 Å². The molecule has 2 aromatic rings. The Kier molecular flexibility index (Phi) is 17.5. The quantitative estimate of drug-likeness (QED) is 0.107. The molecule has 5 atom stereocenters. The van der Waals surface area contributed by atoms with Crippen LogP contribution in [0.25, 0.3) is 0 Å². The molecule has 2 aliphatic heterocycles. The van der Waals surface area contributed by atoms with Crippen molar-refractivity contribution in [2.45, 2.75) is 96.9 Å². The van der Waals surface area contributed by atoms with E-state index in [9.17, 15) is 24.0 Å². The lowest BCUT2D eigenvalue weighted by molar-refractivity contribution is -0.135. The van der Waals surface area contributed by atoms with Gasteiger partial charge >= 0.3 is 0 Å². The van der Waals surface area contributed by atoms with Crippen molar-refractivity contribution >= 4 is 29.3 Å². The average Bonchev–Trinajstić information content (AvgIpc) is 3.92. The Morgan fingerprint density at radius 3 is 1.96 bits per heavy atom. The van der Waals surface area contributed by atoms with Crippen LogP contribution in [0.3, 0.4) is 0 Å². The molecular formula is C43H62N4O8. The van der Waals surface area contributed by atoms with Crippen LogP contribution in [0.5, 0.6) is 0 Å². The third kappa shape index (κ3) is 15.2. The second-order valence-corrected chi connectivity index (χ2v) is 16.0. The molecule has 0 aromatic heterocycles. The van der Waals surface area contributed by atoms with Crippen molar-refractivity contribution in [3.8, 4) is 0 Å². The second kappa shape index (κ2) is 21.9. The maximum Gasteiger partial charge on any atom is 0.246 e. The van der Waals surface area contributed by atoms with Gasteiger partial charge in [0.15, 0.2) is 11.6 Å². The minimum Gasteiger partial charge on any atom is -0.379 e. The predicted octanol–water partition coefficient (Wildman–Crippen LogP) is 3.69. The molecule has 2 heterocycles. The minimum absolute atomic E-state index is 0.0175. The number of Topliss-reactive ketones (excluding diaryl/α,β-unsaturated/α-hetero) is 2. The average molecular weight is 763 g/mol. The number of nitrogens with one attached hydrogen (secondary N) is 3. The smallest absolute Gasteiger partial charge is 0.246 e. The maximum atomic E-state index is 14.1. The third-order valence-electron chi connectivity index (χ3n) is 10.1. The van der Waals surface area contributed by atoms with E-state index in [1.165, 1.54) is 0 Å². The van der Waals surface area contributed by atoms with Gasteiger partial charge in [-0.15, -0.1) is 0 Å². The van der Waals surface area contributed by atoms with E-state index in [4.69, 9.17) is 14.2 Å². The number of hydrogen-bond acceptors (Lipinski definition) is 9. The Hall–Kier alpha value is -3.97. The van der Waals surface area contributed by atoms with Gasteiger partial charge in [0.25, 0.3) is 0 Å². The van der Waals surface area contributed by atoms with E-state index < -0.39 is 47.4 Å². The molecule has 0 radical (unpaired) electrons. The highest BCUT2D eigenvalue weighted by atomic mass is 16.6. The predicted molar refractivity (Wildman–Crippen MR) is 210 cm³/mol. The van der Waals surface area contributed by atoms with Crippen molar-refractivity contribution < 1.29 is 38.2 Å². The van der Waals surface area contributed by atoms with Gasteiger partial charge in [-0.1, -0.05) is 88.4 Å². The summed E-state index contributed by atoms with van der Waals surface area (Å²) >= 11 is 0. The molecule has 0 unspecified atom stereocenters. The lowest BCUT2D eigenvalue weighted by atomic mass is 9.82. The highest BCUT2D eigenvalue weighted by molar-refractivity contribution is 5.98. The van der Waals surface area contributed by atoms with Crippen molar-refractivity contribution in [2.75, 3.05) is 52.7 Å². The van der Waals surface area contributed by atoms with E-state index in [0.29, 0.717) is 58.7 Å². The number of morpholine rings is 1. The molecule has 2 fully saturated rings. The number of carbonyl (C=O) groups is 5. The zero-order valence-electron chi connectivity index (χ0n) is 33.4. The fourth-order valence-corrected chi connectivity index (χ4v) is 6.91. The monoisotopic (exact) mass is 762 g/mol. The Balaban J connectivity index is 1.46. The number of ether oxygens (including phenoxy) is 3. The van der Waals surface area contributed by atoms with Gasteiger partial charge in [0, 0.05) is 32.0 Å². The van der Waals surface area contributed by atoms with Gasteiger partial charge in [-0.25, -0.2) is 0 Å². The molecule has 55 heavy (non-hydrogen) atoms. The maximum absolute atomic E-state index is 14.1. The largest absolute Gasteiger partial charge is 0.379 e. The van der Waals surface area contributed by atoms with Gasteiger partial charge in [-0.2, -0.15) is 0 Å². The van der Waals surface area contributed by atoms with Crippen molar-refractivity contribution in [3.05, 3.63) is 71.8 Å². The summed E-state index contributed by atoms with van der Waals surface area (Å²) in [6.45, 7) is 13.8. The first-order chi connectivity index (χ1) is 26.3. The Morgan fingerprint density at radius 2 is 1.36 bits per heavy atom. The number of benzene rings is 2. The summed E-state index contributed by atoms with van der Waals surface area (Å²) in [6, 6.07) is 16.2. The van der Waals surface area contributed by atoms with E-state index in [1.807, 2.05) is 88.4 Å². The van der Waals surface area contributed by atoms with Crippen molar-refractivity contribution in [1.29, 1.82) is 0 Å². The number of hydrogen-bond donors (Lipinski definition) is 3. The zero-order valence-corrected chi connectivity index (χ0v) is 33.4. The number of carbonyl (C=O) groups excluding carboxylic acids is 5. The number of rotatable bonds is 24. The van der Waals surface area contributed by atoms with Gasteiger partial charge in [0.2, 0.25) is 17.7 Å². The molecule has 0 bridgehead atoms. The van der Waals surface area contributed by atoms with Gasteiger partial charge in [-0.05, 0) is 62.0 Å². The molecule has 2 aromatic carbocycles. The van der Waals surface area contributed by atoms with E-state index in [1.54, 1.807) is 6.92 Å². The van der Waals surface area contributed by atoms with E-state index in [0.717, 1.165) is 24.2 Å². The van der Waals surface area contributed by atoms with Crippen LogP contribution in [0, 0.1) is 17.8 Å². The Labute approximate surface area is 326 Å². The van der Waals surface area contributed by atoms with Gasteiger partial charge < -0.3 is 30.2 Å². The van der Waals surface area contributed by atoms with E-state index >= 15 is 0 Å². The number of nitrogens with zero attached hydrogens (tertiary/aromatic N) is 1. The molecule has 0 saturated carbocycles. The molecular weight excluding hydrogens is 700 g/mol. The molecule has 0 aliphatic carbocycles. The van der Waals surface area contributed by atoms with Gasteiger partial charge in [0.05, 0.1) is 32.5 Å². The van der Waals surface area contributed by atoms with Crippen LogP contribution in [0.15, 0.2) is 60.7 Å². The highest BCUT2D eigenvalue weighted by Gasteiger charge is 2.50. The summed E-state index contributed by atoms with van der Waals surface area (Å²) in [5.74, 6) is -2.11. The Bertz CT molecular complexity index is 1530. The highest BCUT2D eigenvalue weighted by Crippen LogP contribution is 2.34. The summed E-state index contributed by atoms with van der Waals surface area (Å²) in [6.07, 6.45) is 1.84. The van der Waals surface area contributed by atoms with Crippen LogP contribution in [-0.2, 0) is 51.0 Å². The van der Waals surface area contributed by atoms with Gasteiger partial charge in [0.1, 0.15) is 24.3 Å². The number of ketones is 2. The Morgan fingerprint density at radius 1 is 0.782 bits per heavy atom. The fourth-order valence-electron chi connectivity index (χ4n) is 6.91. The molecule has 2 aliphatic rings.